The summed E-state index contributed by atoms with van der Waals surface area (Å²) in [5.41, 5.74) is 6.76. The topological polar surface area (TPSA) is 364 Å². The lowest BCUT2D eigenvalue weighted by Gasteiger charge is -2.30. The number of aliphatic hydroxyl groups is 2. The highest BCUT2D eigenvalue weighted by molar-refractivity contribution is 7.61. The van der Waals surface area contributed by atoms with Crippen molar-refractivity contribution in [3.05, 3.63) is 48.0 Å². The van der Waals surface area contributed by atoms with Gasteiger partial charge in [-0.2, -0.15) is 4.31 Å². The first-order chi connectivity index (χ1) is 32.9. The monoisotopic (exact) mass is 1060 g/mol. The second-order valence-electron chi connectivity index (χ2n) is 20.3. The van der Waals surface area contributed by atoms with E-state index < -0.39 is 90.0 Å². The van der Waals surface area contributed by atoms with Gasteiger partial charge in [-0.3, -0.25) is 32.5 Å². The highest BCUT2D eigenvalue weighted by Crippen LogP contribution is 2.61. The molecule has 7 atom stereocenters. The lowest BCUT2D eigenvalue weighted by Crippen LogP contribution is -2.46. The number of ether oxygens (including phenoxy) is 1. The molecule has 3 aromatic rings. The Morgan fingerprint density at radius 2 is 1.41 bits per heavy atom. The van der Waals surface area contributed by atoms with Crippen LogP contribution in [0.5, 0.6) is 0 Å². The number of carbonyl (C=O) groups is 3. The number of benzene rings is 1. The maximum Gasteiger partial charge on any atom is 0.481 e. The van der Waals surface area contributed by atoms with Gasteiger partial charge in [-0.05, 0) is 55.1 Å². The van der Waals surface area contributed by atoms with Crippen molar-refractivity contribution in [1.82, 2.24) is 30.2 Å². The number of aliphatic hydroxyl groups excluding tert-OH is 2. The molecule has 71 heavy (non-hydrogen) atoms. The number of nitrogens with one attached hydrogen (secondary N) is 2. The number of nitrogen functional groups attached to an aromatic ring is 1. The summed E-state index contributed by atoms with van der Waals surface area (Å²) < 4.78 is 62.6. The van der Waals surface area contributed by atoms with Gasteiger partial charge in [0.05, 0.1) is 19.5 Å². The average molecular weight is 1060 g/mol. The Kier molecular flexibility index (Phi) is 21.6. The van der Waals surface area contributed by atoms with Crippen LogP contribution in [0.4, 0.5) is 5.82 Å². The van der Waals surface area contributed by atoms with Crippen LogP contribution in [0.25, 0.3) is 11.2 Å². The molecule has 0 saturated carbocycles. The summed E-state index contributed by atoms with van der Waals surface area (Å²) in [6.07, 6.45) is 2.52. The van der Waals surface area contributed by atoms with E-state index in [4.69, 9.17) is 19.5 Å². The zero-order chi connectivity index (χ0) is 53.0. The van der Waals surface area contributed by atoms with Gasteiger partial charge in [-0.15, -0.1) is 0 Å². The summed E-state index contributed by atoms with van der Waals surface area (Å²) in [7, 11) is -16.4. The predicted octanol–water partition coefficient (Wildman–Crippen LogP) is 4.95. The Morgan fingerprint density at radius 1 is 0.817 bits per heavy atom. The van der Waals surface area contributed by atoms with E-state index in [-0.39, 0.29) is 48.7 Å². The van der Waals surface area contributed by atoms with Crippen LogP contribution in [0.1, 0.15) is 124 Å². The molecule has 0 spiro atoms. The number of hydrogen-bond acceptors (Lipinski definition) is 17. The number of hydrogen-bond donors (Lipinski definition) is 9. The number of fused-ring (bicyclic) bond motifs is 1. The first kappa shape index (κ1) is 60.0. The second-order valence-corrected chi connectivity index (χ2v) is 24.5. The molecule has 7 unspecified atom stereocenters. The number of ketones is 1. The van der Waals surface area contributed by atoms with Gasteiger partial charge in [0, 0.05) is 36.8 Å². The molecule has 24 nitrogen and oxygen atoms in total. The van der Waals surface area contributed by atoms with Crippen molar-refractivity contribution in [1.29, 1.82) is 0 Å². The standard InChI is InChI=1S/C44H72N7O17P3/c1-42(2,3)21-12-10-14-30-17-15-29(16-18-30)13-9-8-11-22-43(4,5)32(52)19-23-46-33(53)20-24-47-40(56)37(55)44(6,7)26-65-71(62,63)68-70(60,61)64-25-31-36(67-69(57,58)59)35(54)41(66-31)51-28-50-34-38(45)48-27-49-39(34)51/h15-18,27-28,31,35-37,41,54-55H,8-14,19-26H2,1-7H3,(H,46,53)(H,47,56)(H,60,61)(H,62,63)(H2,45,48,49)(H2,57,58,59). The molecular formula is C44H72N7O17P3. The molecule has 1 saturated heterocycles. The first-order valence-electron chi connectivity index (χ1n) is 23.4. The Hall–Kier alpha value is -3.57. The van der Waals surface area contributed by atoms with E-state index in [1.165, 1.54) is 44.2 Å². The third kappa shape index (κ3) is 19.7. The van der Waals surface area contributed by atoms with Gasteiger partial charge in [0.1, 0.15) is 42.0 Å². The molecular weight excluding hydrogens is 991 g/mol. The number of unbranched alkanes of at least 4 members (excludes halogenated alkanes) is 3. The van der Waals surface area contributed by atoms with Gasteiger partial charge in [0.15, 0.2) is 17.7 Å². The van der Waals surface area contributed by atoms with Crippen molar-refractivity contribution in [3.8, 4) is 0 Å². The number of anilines is 1. The van der Waals surface area contributed by atoms with E-state index in [1.807, 2.05) is 13.8 Å². The molecule has 0 radical (unpaired) electrons. The molecule has 1 aliphatic rings. The molecule has 2 amide bonds. The van der Waals surface area contributed by atoms with Crippen LogP contribution in [0.2, 0.25) is 0 Å². The number of phosphoric ester groups is 3. The smallest absolute Gasteiger partial charge is 0.386 e. The second kappa shape index (κ2) is 25.6. The number of aromatic nitrogens is 4. The fraction of sp³-hybridized carbons (Fsp3) is 0.682. The van der Waals surface area contributed by atoms with E-state index in [2.05, 4.69) is 79.5 Å². The molecule has 400 valence electrons. The van der Waals surface area contributed by atoms with Gasteiger partial charge < -0.3 is 50.9 Å². The van der Waals surface area contributed by atoms with Gasteiger partial charge in [0.2, 0.25) is 11.8 Å². The van der Waals surface area contributed by atoms with Crippen LogP contribution in [0.3, 0.4) is 0 Å². The zero-order valence-electron chi connectivity index (χ0n) is 41.3. The number of nitrogens with zero attached hydrogens (tertiary/aromatic N) is 4. The summed E-state index contributed by atoms with van der Waals surface area (Å²) in [4.78, 5) is 89.6. The minimum Gasteiger partial charge on any atom is -0.386 e. The van der Waals surface area contributed by atoms with E-state index in [0.717, 1.165) is 55.7 Å². The Bertz CT molecular complexity index is 2390. The first-order valence-corrected chi connectivity index (χ1v) is 27.9. The quantitative estimate of drug-likeness (QED) is 0.0315. The van der Waals surface area contributed by atoms with Crippen molar-refractivity contribution in [2.75, 3.05) is 32.0 Å². The van der Waals surface area contributed by atoms with E-state index in [1.54, 1.807) is 0 Å². The predicted molar refractivity (Wildman–Crippen MR) is 259 cm³/mol. The Labute approximate surface area is 413 Å². The summed E-state index contributed by atoms with van der Waals surface area (Å²) >= 11 is 0. The zero-order valence-corrected chi connectivity index (χ0v) is 44.0. The summed E-state index contributed by atoms with van der Waals surface area (Å²) in [5, 5.41) is 26.7. The van der Waals surface area contributed by atoms with Crippen LogP contribution < -0.4 is 16.4 Å². The third-order valence-corrected chi connectivity index (χ3v) is 15.0. The number of Topliss-reactive ketones (excluding diaryl/α,β-unsaturated/α-hetero) is 1. The summed E-state index contributed by atoms with van der Waals surface area (Å²) in [5.74, 6) is -1.46. The fourth-order valence-corrected chi connectivity index (χ4v) is 10.5. The lowest BCUT2D eigenvalue weighted by molar-refractivity contribution is -0.137. The van der Waals surface area contributed by atoms with E-state index in [9.17, 15) is 57.9 Å². The molecule has 0 aliphatic carbocycles. The van der Waals surface area contributed by atoms with Gasteiger partial charge >= 0.3 is 23.5 Å². The van der Waals surface area contributed by atoms with Crippen molar-refractivity contribution in [3.63, 3.8) is 0 Å². The Morgan fingerprint density at radius 3 is 2.03 bits per heavy atom. The summed E-state index contributed by atoms with van der Waals surface area (Å²) in [6, 6.07) is 8.88. The fourth-order valence-electron chi connectivity index (χ4n) is 7.66. The number of nitrogens with two attached hydrogens (primary N) is 1. The maximum atomic E-state index is 13.0. The van der Waals surface area contributed by atoms with Gasteiger partial charge in [-0.1, -0.05) is 92.0 Å². The molecule has 1 fully saturated rings. The highest BCUT2D eigenvalue weighted by atomic mass is 31.3. The molecule has 27 heteroatoms. The van der Waals surface area contributed by atoms with Crippen LogP contribution in [0, 0.1) is 16.2 Å². The van der Waals surface area contributed by atoms with E-state index >= 15 is 0 Å². The Balaban J connectivity index is 1.12. The number of imidazole rings is 1. The average Bonchev–Trinajstić information content (AvgIpc) is 3.83. The van der Waals surface area contributed by atoms with E-state index in [0.29, 0.717) is 5.41 Å². The molecule has 1 aliphatic heterocycles. The summed E-state index contributed by atoms with van der Waals surface area (Å²) in [6.45, 7) is 11.0. The molecule has 10 N–H and O–H groups in total. The molecule has 1 aromatic carbocycles. The number of aryl methyl sites for hydroxylation is 2. The number of amides is 2. The normalized spacial score (nSPS) is 20.1. The number of rotatable bonds is 30. The van der Waals surface area contributed by atoms with Crippen LogP contribution in [0.15, 0.2) is 36.9 Å². The minimum atomic E-state index is -5.59. The molecule has 0 bridgehead atoms. The highest BCUT2D eigenvalue weighted by Gasteiger charge is 2.50. The third-order valence-electron chi connectivity index (χ3n) is 11.9. The van der Waals surface area contributed by atoms with Gasteiger partial charge in [-0.25, -0.2) is 28.6 Å². The maximum absolute atomic E-state index is 13.0. The van der Waals surface area contributed by atoms with Crippen molar-refractivity contribution in [2.45, 2.75) is 150 Å². The van der Waals surface area contributed by atoms with Crippen molar-refractivity contribution >= 4 is 58.0 Å². The molecule has 2 aromatic heterocycles. The SMILES string of the molecule is CC(C)(C)CCCCc1ccc(CCCCCC(C)(C)C(=O)CCNC(=O)CCNC(=O)C(O)C(C)(C)COP(=O)(O)OP(=O)(O)OCC2OC(n3cnc4c(N)ncnc43)C(O)C2OP(=O)(O)O)cc1. The van der Waals surface area contributed by atoms with Crippen LogP contribution in [-0.4, -0.2) is 118 Å². The molecule has 3 heterocycles. The molecule has 4 rings (SSSR count). The lowest BCUT2D eigenvalue weighted by atomic mass is 9.81. The van der Waals surface area contributed by atoms with Crippen molar-refractivity contribution in [2.24, 2.45) is 16.2 Å². The minimum absolute atomic E-state index is 0.0187. The number of phosphoric acid groups is 3. The van der Waals surface area contributed by atoms with Crippen LogP contribution >= 0.6 is 23.5 Å². The van der Waals surface area contributed by atoms with Gasteiger partial charge in [0.25, 0.3) is 0 Å². The van der Waals surface area contributed by atoms with Crippen molar-refractivity contribution < 1.29 is 80.5 Å². The number of carbonyl (C=O) groups excluding carboxylic acids is 3. The van der Waals surface area contributed by atoms with Crippen LogP contribution in [-0.2, 0) is 63.5 Å². The largest absolute Gasteiger partial charge is 0.481 e.